The minimum atomic E-state index is 0.903. The van der Waals surface area contributed by atoms with Crippen LogP contribution in [0.4, 0.5) is 0 Å². The third-order valence-electron chi connectivity index (χ3n) is 3.38. The van der Waals surface area contributed by atoms with Gasteiger partial charge in [-0.3, -0.25) is 0 Å². The summed E-state index contributed by atoms with van der Waals surface area (Å²) in [4.78, 5) is 0. The van der Waals surface area contributed by atoms with Crippen molar-refractivity contribution < 1.29 is 0 Å². The Labute approximate surface area is 65.0 Å². The van der Waals surface area contributed by atoms with Gasteiger partial charge in [-0.05, 0) is 30.1 Å². The van der Waals surface area contributed by atoms with Gasteiger partial charge in [-0.15, -0.1) is 0 Å². The second kappa shape index (κ2) is 2.94. The minimum absolute atomic E-state index is 0.903. The SMILES string of the molecule is CC(C)C1CC[C@@H](C)[C@H]1C. The van der Waals surface area contributed by atoms with E-state index in [9.17, 15) is 0 Å². The van der Waals surface area contributed by atoms with Crippen molar-refractivity contribution in [2.45, 2.75) is 40.5 Å². The van der Waals surface area contributed by atoms with Crippen LogP contribution in [0.3, 0.4) is 0 Å². The molecule has 0 aliphatic heterocycles. The van der Waals surface area contributed by atoms with Crippen molar-refractivity contribution in [1.29, 1.82) is 0 Å². The van der Waals surface area contributed by atoms with E-state index >= 15 is 0 Å². The first kappa shape index (κ1) is 8.10. The maximum absolute atomic E-state index is 2.42. The van der Waals surface area contributed by atoms with Crippen molar-refractivity contribution in [3.63, 3.8) is 0 Å². The number of rotatable bonds is 1. The molecule has 1 unspecified atom stereocenters. The van der Waals surface area contributed by atoms with Crippen LogP contribution in [0, 0.1) is 23.7 Å². The molecule has 1 aliphatic carbocycles. The molecule has 0 bridgehead atoms. The molecule has 0 amide bonds. The van der Waals surface area contributed by atoms with E-state index in [0.717, 1.165) is 23.7 Å². The molecule has 10 heavy (non-hydrogen) atoms. The minimum Gasteiger partial charge on any atom is -0.0625 e. The Morgan fingerprint density at radius 1 is 1.10 bits per heavy atom. The quantitative estimate of drug-likeness (QED) is 0.524. The largest absolute Gasteiger partial charge is 0.0625 e. The number of hydrogen-bond acceptors (Lipinski definition) is 0. The summed E-state index contributed by atoms with van der Waals surface area (Å²) in [5, 5.41) is 0. The van der Waals surface area contributed by atoms with Gasteiger partial charge in [-0.1, -0.05) is 34.1 Å². The third kappa shape index (κ3) is 1.36. The predicted molar refractivity (Wildman–Crippen MR) is 45.9 cm³/mol. The Hall–Kier alpha value is 0. The first-order valence-corrected chi connectivity index (χ1v) is 4.63. The molecule has 3 atom stereocenters. The fourth-order valence-corrected chi connectivity index (χ4v) is 2.34. The summed E-state index contributed by atoms with van der Waals surface area (Å²) in [5.41, 5.74) is 0. The molecule has 0 radical (unpaired) electrons. The van der Waals surface area contributed by atoms with Gasteiger partial charge in [-0.25, -0.2) is 0 Å². The van der Waals surface area contributed by atoms with Gasteiger partial charge in [0.25, 0.3) is 0 Å². The fraction of sp³-hybridized carbons (Fsp3) is 1.00. The predicted octanol–water partition coefficient (Wildman–Crippen LogP) is 3.32. The van der Waals surface area contributed by atoms with Gasteiger partial charge >= 0.3 is 0 Å². The Morgan fingerprint density at radius 2 is 1.70 bits per heavy atom. The van der Waals surface area contributed by atoms with Crippen molar-refractivity contribution in [2.75, 3.05) is 0 Å². The number of hydrogen-bond donors (Lipinski definition) is 0. The summed E-state index contributed by atoms with van der Waals surface area (Å²) in [6, 6.07) is 0. The van der Waals surface area contributed by atoms with Crippen molar-refractivity contribution in [1.82, 2.24) is 0 Å². The fourth-order valence-electron chi connectivity index (χ4n) is 2.34. The smallest absolute Gasteiger partial charge is 0.0363 e. The van der Waals surface area contributed by atoms with Gasteiger partial charge in [0.1, 0.15) is 0 Å². The van der Waals surface area contributed by atoms with Gasteiger partial charge in [0.2, 0.25) is 0 Å². The molecule has 0 nitrogen and oxygen atoms in total. The lowest BCUT2D eigenvalue weighted by Crippen LogP contribution is -2.14. The van der Waals surface area contributed by atoms with Gasteiger partial charge in [0, 0.05) is 0 Å². The van der Waals surface area contributed by atoms with Crippen molar-refractivity contribution in [2.24, 2.45) is 23.7 Å². The highest BCUT2D eigenvalue weighted by Crippen LogP contribution is 2.40. The highest BCUT2D eigenvalue weighted by molar-refractivity contribution is 4.81. The normalized spacial score (nSPS) is 41.1. The molecule has 60 valence electrons. The molecular formula is C10H20. The summed E-state index contributed by atoms with van der Waals surface area (Å²) in [7, 11) is 0. The molecule has 0 aromatic carbocycles. The highest BCUT2D eigenvalue weighted by Gasteiger charge is 2.31. The molecule has 0 saturated heterocycles. The molecule has 0 N–H and O–H groups in total. The van der Waals surface area contributed by atoms with E-state index in [4.69, 9.17) is 0 Å². The van der Waals surface area contributed by atoms with Gasteiger partial charge in [0.15, 0.2) is 0 Å². The zero-order valence-corrected chi connectivity index (χ0v) is 7.72. The van der Waals surface area contributed by atoms with E-state index in [1.807, 2.05) is 0 Å². The van der Waals surface area contributed by atoms with Crippen LogP contribution in [0.15, 0.2) is 0 Å². The second-order valence-electron chi connectivity index (χ2n) is 4.32. The lowest BCUT2D eigenvalue weighted by Gasteiger charge is -2.21. The molecule has 0 aromatic rings. The van der Waals surface area contributed by atoms with E-state index in [0.29, 0.717) is 0 Å². The Balaban J connectivity index is 2.49. The van der Waals surface area contributed by atoms with Crippen LogP contribution in [0.2, 0.25) is 0 Å². The average Bonchev–Trinajstić information content (AvgIpc) is 2.14. The van der Waals surface area contributed by atoms with E-state index in [1.165, 1.54) is 12.8 Å². The lowest BCUT2D eigenvalue weighted by molar-refractivity contribution is 0.282. The summed E-state index contributed by atoms with van der Waals surface area (Å²) < 4.78 is 0. The maximum atomic E-state index is 2.42. The molecule has 0 spiro atoms. The van der Waals surface area contributed by atoms with Crippen molar-refractivity contribution >= 4 is 0 Å². The van der Waals surface area contributed by atoms with Crippen LogP contribution >= 0.6 is 0 Å². The zero-order valence-electron chi connectivity index (χ0n) is 7.72. The Bertz CT molecular complexity index is 105. The van der Waals surface area contributed by atoms with Crippen molar-refractivity contribution in [3.8, 4) is 0 Å². The Morgan fingerprint density at radius 3 is 1.90 bits per heavy atom. The van der Waals surface area contributed by atoms with Crippen molar-refractivity contribution in [3.05, 3.63) is 0 Å². The average molecular weight is 140 g/mol. The highest BCUT2D eigenvalue weighted by atomic mass is 14.4. The van der Waals surface area contributed by atoms with E-state index in [-0.39, 0.29) is 0 Å². The van der Waals surface area contributed by atoms with Gasteiger partial charge < -0.3 is 0 Å². The van der Waals surface area contributed by atoms with E-state index < -0.39 is 0 Å². The molecular weight excluding hydrogens is 120 g/mol. The van der Waals surface area contributed by atoms with Crippen LogP contribution in [0.25, 0.3) is 0 Å². The zero-order chi connectivity index (χ0) is 7.72. The summed E-state index contributed by atoms with van der Waals surface area (Å²) in [6.45, 7) is 9.54. The van der Waals surface area contributed by atoms with E-state index in [1.54, 1.807) is 0 Å². The Kier molecular flexibility index (Phi) is 2.38. The first-order chi connectivity index (χ1) is 4.63. The summed E-state index contributed by atoms with van der Waals surface area (Å²) in [5.74, 6) is 3.86. The maximum Gasteiger partial charge on any atom is -0.0363 e. The van der Waals surface area contributed by atoms with Crippen LogP contribution in [-0.4, -0.2) is 0 Å². The topological polar surface area (TPSA) is 0 Å². The summed E-state index contributed by atoms with van der Waals surface area (Å²) in [6.07, 6.45) is 2.93. The molecule has 0 heterocycles. The van der Waals surface area contributed by atoms with Gasteiger partial charge in [-0.2, -0.15) is 0 Å². The van der Waals surface area contributed by atoms with Gasteiger partial charge in [0.05, 0.1) is 0 Å². The van der Waals surface area contributed by atoms with E-state index in [2.05, 4.69) is 27.7 Å². The second-order valence-corrected chi connectivity index (χ2v) is 4.32. The first-order valence-electron chi connectivity index (χ1n) is 4.63. The standard InChI is InChI=1S/C10H20/c1-7(2)10-6-5-8(3)9(10)4/h7-10H,5-6H2,1-4H3/t8-,9-,10?/m1/s1. The molecule has 1 aliphatic rings. The molecule has 1 rings (SSSR count). The monoisotopic (exact) mass is 140 g/mol. The lowest BCUT2D eigenvalue weighted by atomic mass is 9.85. The van der Waals surface area contributed by atoms with Crippen LogP contribution in [0.1, 0.15) is 40.5 Å². The van der Waals surface area contributed by atoms with Crippen LogP contribution in [0.5, 0.6) is 0 Å². The third-order valence-corrected chi connectivity index (χ3v) is 3.38. The molecule has 0 aromatic heterocycles. The molecule has 1 fully saturated rings. The summed E-state index contributed by atoms with van der Waals surface area (Å²) >= 11 is 0. The molecule has 0 heteroatoms. The van der Waals surface area contributed by atoms with Crippen LogP contribution < -0.4 is 0 Å². The molecule has 1 saturated carbocycles. The van der Waals surface area contributed by atoms with Crippen LogP contribution in [-0.2, 0) is 0 Å².